The van der Waals surface area contributed by atoms with E-state index in [2.05, 4.69) is 10.3 Å². The summed E-state index contributed by atoms with van der Waals surface area (Å²) in [5, 5.41) is 5.11. The second-order valence-electron chi connectivity index (χ2n) is 4.45. The zero-order chi connectivity index (χ0) is 15.9. The molecule has 1 heterocycles. The standard InChI is InChI=1S/C14H14ClN3O2S2/c15-9-1-3-11(4-2-9)22-7-13(19)18-12(14(16)20)5-10-6-21-8-17-10/h1-4,6,8,12H,5,7H2,(H2,16,20)(H,18,19). The number of hydrogen-bond acceptors (Lipinski definition) is 5. The zero-order valence-electron chi connectivity index (χ0n) is 11.5. The van der Waals surface area contributed by atoms with E-state index in [1.54, 1.807) is 17.6 Å². The highest BCUT2D eigenvalue weighted by Crippen LogP contribution is 2.20. The molecule has 0 fully saturated rings. The summed E-state index contributed by atoms with van der Waals surface area (Å²) in [6, 6.07) is 6.44. The number of amides is 2. The molecule has 0 saturated heterocycles. The van der Waals surface area contributed by atoms with Gasteiger partial charge in [-0.15, -0.1) is 23.1 Å². The maximum Gasteiger partial charge on any atom is 0.240 e. The van der Waals surface area contributed by atoms with E-state index in [1.165, 1.54) is 23.1 Å². The molecule has 0 bridgehead atoms. The predicted molar refractivity (Wildman–Crippen MR) is 89.1 cm³/mol. The Balaban J connectivity index is 1.85. The predicted octanol–water partition coefficient (Wildman–Crippen LogP) is 2.10. The van der Waals surface area contributed by atoms with Gasteiger partial charge in [-0.05, 0) is 24.3 Å². The first-order valence-electron chi connectivity index (χ1n) is 6.38. The molecule has 3 N–H and O–H groups in total. The third-order valence-electron chi connectivity index (χ3n) is 2.76. The number of hydrogen-bond donors (Lipinski definition) is 2. The molecular weight excluding hydrogens is 342 g/mol. The number of primary amides is 1. The van der Waals surface area contributed by atoms with Gasteiger partial charge in [0.15, 0.2) is 0 Å². The molecule has 2 aromatic rings. The van der Waals surface area contributed by atoms with Crippen LogP contribution in [0.3, 0.4) is 0 Å². The van der Waals surface area contributed by atoms with E-state index in [0.717, 1.165) is 10.6 Å². The largest absolute Gasteiger partial charge is 0.368 e. The Bertz CT molecular complexity index is 632. The SMILES string of the molecule is NC(=O)C(Cc1cscn1)NC(=O)CSc1ccc(Cl)cc1. The van der Waals surface area contributed by atoms with E-state index >= 15 is 0 Å². The molecule has 0 aliphatic carbocycles. The second-order valence-corrected chi connectivity index (χ2v) is 6.65. The lowest BCUT2D eigenvalue weighted by Gasteiger charge is -2.14. The van der Waals surface area contributed by atoms with Gasteiger partial charge in [0, 0.05) is 21.7 Å². The molecule has 1 aromatic carbocycles. The van der Waals surface area contributed by atoms with Gasteiger partial charge in [0.05, 0.1) is 17.0 Å². The molecule has 2 amide bonds. The van der Waals surface area contributed by atoms with Crippen LogP contribution in [-0.2, 0) is 16.0 Å². The molecule has 1 atom stereocenters. The summed E-state index contributed by atoms with van der Waals surface area (Å²) in [6.07, 6.45) is 0.302. The van der Waals surface area contributed by atoms with Gasteiger partial charge in [-0.25, -0.2) is 4.98 Å². The first-order valence-corrected chi connectivity index (χ1v) is 8.69. The fraction of sp³-hybridized carbons (Fsp3) is 0.214. The van der Waals surface area contributed by atoms with E-state index in [9.17, 15) is 9.59 Å². The number of halogens is 1. The second kappa shape index (κ2) is 8.17. The summed E-state index contributed by atoms with van der Waals surface area (Å²) >= 11 is 8.59. The fourth-order valence-corrected chi connectivity index (χ4v) is 3.09. The number of aromatic nitrogens is 1. The number of nitrogens with one attached hydrogen (secondary N) is 1. The summed E-state index contributed by atoms with van der Waals surface area (Å²) in [4.78, 5) is 28.4. The van der Waals surface area contributed by atoms with E-state index < -0.39 is 11.9 Å². The number of thiazole rings is 1. The maximum absolute atomic E-state index is 11.9. The van der Waals surface area contributed by atoms with Crippen molar-refractivity contribution >= 4 is 46.5 Å². The van der Waals surface area contributed by atoms with E-state index in [4.69, 9.17) is 17.3 Å². The van der Waals surface area contributed by atoms with Gasteiger partial charge in [0.25, 0.3) is 0 Å². The van der Waals surface area contributed by atoms with E-state index in [0.29, 0.717) is 11.4 Å². The van der Waals surface area contributed by atoms with Gasteiger partial charge in [0.1, 0.15) is 6.04 Å². The average Bonchev–Trinajstić information content (AvgIpc) is 2.99. The lowest BCUT2D eigenvalue weighted by Crippen LogP contribution is -2.46. The van der Waals surface area contributed by atoms with Gasteiger partial charge < -0.3 is 11.1 Å². The van der Waals surface area contributed by atoms with Crippen LogP contribution < -0.4 is 11.1 Å². The Hall–Kier alpha value is -1.57. The highest BCUT2D eigenvalue weighted by molar-refractivity contribution is 8.00. The normalized spacial score (nSPS) is 11.9. The molecule has 116 valence electrons. The number of thioether (sulfide) groups is 1. The van der Waals surface area contributed by atoms with Crippen molar-refractivity contribution in [2.24, 2.45) is 5.73 Å². The van der Waals surface area contributed by atoms with Crippen LogP contribution in [0.5, 0.6) is 0 Å². The number of nitrogens with two attached hydrogens (primary N) is 1. The van der Waals surface area contributed by atoms with Crippen molar-refractivity contribution in [2.45, 2.75) is 17.4 Å². The molecule has 22 heavy (non-hydrogen) atoms. The third kappa shape index (κ3) is 5.32. The molecule has 0 spiro atoms. The summed E-state index contributed by atoms with van der Waals surface area (Å²) in [5.41, 5.74) is 7.73. The van der Waals surface area contributed by atoms with Crippen LogP contribution in [0.2, 0.25) is 5.02 Å². The third-order valence-corrected chi connectivity index (χ3v) is 4.66. The van der Waals surface area contributed by atoms with Crippen LogP contribution >= 0.6 is 34.7 Å². The summed E-state index contributed by atoms with van der Waals surface area (Å²) in [7, 11) is 0. The van der Waals surface area contributed by atoms with Crippen LogP contribution in [0.15, 0.2) is 40.1 Å². The first-order chi connectivity index (χ1) is 10.5. The molecule has 0 radical (unpaired) electrons. The van der Waals surface area contributed by atoms with Crippen LogP contribution in [0.4, 0.5) is 0 Å². The Labute approximate surface area is 141 Å². The fourth-order valence-electron chi connectivity index (χ4n) is 1.69. The molecule has 8 heteroatoms. The number of carbonyl (C=O) groups is 2. The summed E-state index contributed by atoms with van der Waals surface area (Å²) < 4.78 is 0. The number of nitrogens with zero attached hydrogens (tertiary/aromatic N) is 1. The zero-order valence-corrected chi connectivity index (χ0v) is 13.9. The van der Waals surface area contributed by atoms with Crippen molar-refractivity contribution in [2.75, 3.05) is 5.75 Å². The number of rotatable bonds is 7. The highest BCUT2D eigenvalue weighted by Gasteiger charge is 2.19. The highest BCUT2D eigenvalue weighted by atomic mass is 35.5. The molecule has 5 nitrogen and oxygen atoms in total. The molecule has 1 unspecified atom stereocenters. The van der Waals surface area contributed by atoms with Crippen molar-refractivity contribution in [3.8, 4) is 0 Å². The maximum atomic E-state index is 11.9. The van der Waals surface area contributed by atoms with Crippen molar-refractivity contribution < 1.29 is 9.59 Å². The molecule has 0 aliphatic rings. The quantitative estimate of drug-likeness (QED) is 0.745. The molecule has 0 saturated carbocycles. The van der Waals surface area contributed by atoms with Crippen molar-refractivity contribution in [1.29, 1.82) is 0 Å². The topological polar surface area (TPSA) is 85.1 Å². The molecule has 2 rings (SSSR count). The summed E-state index contributed by atoms with van der Waals surface area (Å²) in [5.74, 6) is -0.625. The Morgan fingerprint density at radius 3 is 2.68 bits per heavy atom. The van der Waals surface area contributed by atoms with E-state index in [-0.39, 0.29) is 11.7 Å². The van der Waals surface area contributed by atoms with Crippen LogP contribution in [0.1, 0.15) is 5.69 Å². The minimum Gasteiger partial charge on any atom is -0.368 e. The molecular formula is C14H14ClN3O2S2. The van der Waals surface area contributed by atoms with Crippen LogP contribution in [-0.4, -0.2) is 28.6 Å². The van der Waals surface area contributed by atoms with Crippen molar-refractivity contribution in [3.63, 3.8) is 0 Å². The van der Waals surface area contributed by atoms with Gasteiger partial charge in [-0.3, -0.25) is 9.59 Å². The van der Waals surface area contributed by atoms with Gasteiger partial charge in [-0.2, -0.15) is 0 Å². The molecule has 1 aromatic heterocycles. The summed E-state index contributed by atoms with van der Waals surface area (Å²) in [6.45, 7) is 0. The van der Waals surface area contributed by atoms with Gasteiger partial charge >= 0.3 is 0 Å². The number of carbonyl (C=O) groups excluding carboxylic acids is 2. The number of benzene rings is 1. The van der Waals surface area contributed by atoms with Gasteiger partial charge in [-0.1, -0.05) is 11.6 Å². The smallest absolute Gasteiger partial charge is 0.240 e. The minimum atomic E-state index is -0.750. The lowest BCUT2D eigenvalue weighted by atomic mass is 10.1. The van der Waals surface area contributed by atoms with Crippen molar-refractivity contribution in [3.05, 3.63) is 45.9 Å². The average molecular weight is 356 g/mol. The van der Waals surface area contributed by atoms with Crippen LogP contribution in [0.25, 0.3) is 0 Å². The lowest BCUT2D eigenvalue weighted by molar-refractivity contribution is -0.125. The molecule has 0 aliphatic heterocycles. The van der Waals surface area contributed by atoms with E-state index in [1.807, 2.05) is 17.5 Å². The van der Waals surface area contributed by atoms with Crippen molar-refractivity contribution in [1.82, 2.24) is 10.3 Å². The monoisotopic (exact) mass is 355 g/mol. The Kier molecular flexibility index (Phi) is 6.23. The van der Waals surface area contributed by atoms with Gasteiger partial charge in [0.2, 0.25) is 11.8 Å². The first kappa shape index (κ1) is 16.8. The van der Waals surface area contributed by atoms with Crippen LogP contribution in [0, 0.1) is 0 Å². The Morgan fingerprint density at radius 2 is 2.09 bits per heavy atom. The Morgan fingerprint density at radius 1 is 1.36 bits per heavy atom. The minimum absolute atomic E-state index is 0.197.